The van der Waals surface area contributed by atoms with Crippen molar-refractivity contribution in [2.24, 2.45) is 0 Å². The van der Waals surface area contributed by atoms with E-state index in [0.29, 0.717) is 11.3 Å². The SMILES string of the molecule is CC(C)(O)c1cc(N)ccc1S(C)(=O)=O.Cl. The Morgan fingerprint density at radius 2 is 1.81 bits per heavy atom. The zero-order chi connectivity index (χ0) is 11.9. The molecule has 0 unspecified atom stereocenters. The van der Waals surface area contributed by atoms with E-state index in [-0.39, 0.29) is 17.3 Å². The Hall–Kier alpha value is -0.780. The fourth-order valence-electron chi connectivity index (χ4n) is 1.35. The van der Waals surface area contributed by atoms with Crippen LogP contribution in [0.1, 0.15) is 19.4 Å². The molecule has 0 bridgehead atoms. The summed E-state index contributed by atoms with van der Waals surface area (Å²) in [6.07, 6.45) is 1.10. The van der Waals surface area contributed by atoms with Gasteiger partial charge in [-0.05, 0) is 32.0 Å². The molecule has 3 N–H and O–H groups in total. The molecule has 0 aliphatic rings. The van der Waals surface area contributed by atoms with Crippen molar-refractivity contribution < 1.29 is 13.5 Å². The standard InChI is InChI=1S/C10H15NO3S.ClH/c1-10(2,12)8-6-7(11)4-5-9(8)15(3,13)14;/h4-6,12H,11H2,1-3H3;1H. The first-order chi connectivity index (χ1) is 6.62. The summed E-state index contributed by atoms with van der Waals surface area (Å²) < 4.78 is 22.9. The van der Waals surface area contributed by atoms with Gasteiger partial charge in [0.05, 0.1) is 10.5 Å². The number of anilines is 1. The second kappa shape index (κ2) is 4.61. The summed E-state index contributed by atoms with van der Waals surface area (Å²) in [5.74, 6) is 0. The van der Waals surface area contributed by atoms with Gasteiger partial charge >= 0.3 is 0 Å². The van der Waals surface area contributed by atoms with Gasteiger partial charge in [0.1, 0.15) is 0 Å². The number of hydrogen-bond donors (Lipinski definition) is 2. The van der Waals surface area contributed by atoms with E-state index in [1.165, 1.54) is 32.0 Å². The van der Waals surface area contributed by atoms with Crippen LogP contribution < -0.4 is 5.73 Å². The van der Waals surface area contributed by atoms with Crippen molar-refractivity contribution >= 4 is 27.9 Å². The van der Waals surface area contributed by atoms with Crippen molar-refractivity contribution in [3.63, 3.8) is 0 Å². The third kappa shape index (κ3) is 3.37. The molecule has 0 saturated heterocycles. The van der Waals surface area contributed by atoms with E-state index < -0.39 is 15.4 Å². The molecule has 0 saturated carbocycles. The number of halogens is 1. The van der Waals surface area contributed by atoms with Crippen LogP contribution in [0.25, 0.3) is 0 Å². The average molecular weight is 266 g/mol. The molecule has 16 heavy (non-hydrogen) atoms. The maximum Gasteiger partial charge on any atom is 0.175 e. The second-order valence-electron chi connectivity index (χ2n) is 4.09. The van der Waals surface area contributed by atoms with Gasteiger partial charge in [0.25, 0.3) is 0 Å². The maximum atomic E-state index is 11.5. The number of aliphatic hydroxyl groups is 1. The fraction of sp³-hybridized carbons (Fsp3) is 0.400. The summed E-state index contributed by atoms with van der Waals surface area (Å²) in [7, 11) is -3.35. The first-order valence-electron chi connectivity index (χ1n) is 4.45. The molecule has 4 nitrogen and oxygen atoms in total. The number of nitrogens with two attached hydrogens (primary N) is 1. The number of benzene rings is 1. The summed E-state index contributed by atoms with van der Waals surface area (Å²) in [5, 5.41) is 9.84. The first-order valence-corrected chi connectivity index (χ1v) is 6.34. The van der Waals surface area contributed by atoms with Crippen LogP contribution in [0.2, 0.25) is 0 Å². The highest BCUT2D eigenvalue weighted by Gasteiger charge is 2.24. The van der Waals surface area contributed by atoms with Crippen LogP contribution in [-0.2, 0) is 15.4 Å². The van der Waals surface area contributed by atoms with Gasteiger partial charge in [-0.25, -0.2) is 8.42 Å². The second-order valence-corrected chi connectivity index (χ2v) is 6.07. The highest BCUT2D eigenvalue weighted by Crippen LogP contribution is 2.28. The lowest BCUT2D eigenvalue weighted by Crippen LogP contribution is -2.20. The van der Waals surface area contributed by atoms with Crippen LogP contribution in [0.15, 0.2) is 23.1 Å². The van der Waals surface area contributed by atoms with Crippen LogP contribution in [0.5, 0.6) is 0 Å². The normalized spacial score (nSPS) is 12.0. The van der Waals surface area contributed by atoms with Gasteiger partial charge in [0.2, 0.25) is 0 Å². The molecule has 0 aliphatic heterocycles. The zero-order valence-corrected chi connectivity index (χ0v) is 11.0. The highest BCUT2D eigenvalue weighted by molar-refractivity contribution is 7.90. The van der Waals surface area contributed by atoms with Gasteiger partial charge in [-0.1, -0.05) is 0 Å². The van der Waals surface area contributed by atoms with E-state index in [0.717, 1.165) is 6.26 Å². The quantitative estimate of drug-likeness (QED) is 0.791. The van der Waals surface area contributed by atoms with Crippen molar-refractivity contribution in [3.05, 3.63) is 23.8 Å². The van der Waals surface area contributed by atoms with E-state index >= 15 is 0 Å². The Bertz CT molecular complexity index is 477. The lowest BCUT2D eigenvalue weighted by atomic mass is 9.98. The Labute approximate surface area is 102 Å². The monoisotopic (exact) mass is 265 g/mol. The number of nitrogen functional groups attached to an aromatic ring is 1. The van der Waals surface area contributed by atoms with Crippen LogP contribution in [-0.4, -0.2) is 19.8 Å². The van der Waals surface area contributed by atoms with E-state index in [1.807, 2.05) is 0 Å². The van der Waals surface area contributed by atoms with Crippen LogP contribution >= 0.6 is 12.4 Å². The van der Waals surface area contributed by atoms with Crippen molar-refractivity contribution in [2.75, 3.05) is 12.0 Å². The minimum Gasteiger partial charge on any atom is -0.399 e. The molecule has 1 rings (SSSR count). The van der Waals surface area contributed by atoms with Gasteiger partial charge in [-0.15, -0.1) is 12.4 Å². The first kappa shape index (κ1) is 15.2. The van der Waals surface area contributed by atoms with E-state index in [9.17, 15) is 13.5 Å². The Morgan fingerprint density at radius 3 is 2.19 bits per heavy atom. The minimum absolute atomic E-state index is 0. The molecule has 0 fully saturated rings. The third-order valence-electron chi connectivity index (χ3n) is 2.06. The van der Waals surface area contributed by atoms with Gasteiger partial charge in [0, 0.05) is 17.5 Å². The molecule has 0 amide bonds. The van der Waals surface area contributed by atoms with E-state index in [2.05, 4.69) is 0 Å². The molecule has 0 aliphatic carbocycles. The molecule has 0 spiro atoms. The molecule has 0 radical (unpaired) electrons. The van der Waals surface area contributed by atoms with Crippen molar-refractivity contribution in [1.29, 1.82) is 0 Å². The highest BCUT2D eigenvalue weighted by atomic mass is 35.5. The summed E-state index contributed by atoms with van der Waals surface area (Å²) in [6, 6.07) is 4.40. The lowest BCUT2D eigenvalue weighted by Gasteiger charge is -2.21. The molecule has 0 heterocycles. The smallest absolute Gasteiger partial charge is 0.175 e. The fourth-order valence-corrected chi connectivity index (χ4v) is 2.37. The summed E-state index contributed by atoms with van der Waals surface area (Å²) in [5.41, 5.74) is 5.09. The topological polar surface area (TPSA) is 80.4 Å². The molecule has 92 valence electrons. The molecular weight excluding hydrogens is 250 g/mol. The van der Waals surface area contributed by atoms with Gasteiger partial charge in [-0.2, -0.15) is 0 Å². The molecule has 1 aromatic rings. The third-order valence-corrected chi connectivity index (χ3v) is 3.22. The van der Waals surface area contributed by atoms with Gasteiger partial charge < -0.3 is 10.8 Å². The lowest BCUT2D eigenvalue weighted by molar-refractivity contribution is 0.0756. The predicted molar refractivity (Wildman–Crippen MR) is 66.5 cm³/mol. The van der Waals surface area contributed by atoms with Crippen molar-refractivity contribution in [1.82, 2.24) is 0 Å². The van der Waals surface area contributed by atoms with E-state index in [1.54, 1.807) is 0 Å². The zero-order valence-electron chi connectivity index (χ0n) is 9.39. The predicted octanol–water partition coefficient (Wildman–Crippen LogP) is 1.32. The van der Waals surface area contributed by atoms with Crippen molar-refractivity contribution in [3.8, 4) is 0 Å². The largest absolute Gasteiger partial charge is 0.399 e. The van der Waals surface area contributed by atoms with Gasteiger partial charge in [-0.3, -0.25) is 0 Å². The molecule has 1 aromatic carbocycles. The average Bonchev–Trinajstić information content (AvgIpc) is 2.00. The summed E-state index contributed by atoms with van der Waals surface area (Å²) in [6.45, 7) is 3.05. The Kier molecular flexibility index (Phi) is 4.38. The minimum atomic E-state index is -3.35. The maximum absolute atomic E-state index is 11.5. The Morgan fingerprint density at radius 1 is 1.31 bits per heavy atom. The van der Waals surface area contributed by atoms with Crippen LogP contribution in [0.4, 0.5) is 5.69 Å². The van der Waals surface area contributed by atoms with Crippen LogP contribution in [0.3, 0.4) is 0 Å². The molecule has 6 heteroatoms. The number of hydrogen-bond acceptors (Lipinski definition) is 4. The summed E-state index contributed by atoms with van der Waals surface area (Å²) >= 11 is 0. The van der Waals surface area contributed by atoms with E-state index in [4.69, 9.17) is 5.73 Å². The molecular formula is C10H16ClNO3S. The molecule has 0 atom stereocenters. The van der Waals surface area contributed by atoms with Gasteiger partial charge in [0.15, 0.2) is 9.84 Å². The van der Waals surface area contributed by atoms with Crippen molar-refractivity contribution in [2.45, 2.75) is 24.3 Å². The molecule has 0 aromatic heterocycles. The summed E-state index contributed by atoms with van der Waals surface area (Å²) in [4.78, 5) is 0.115. The number of sulfone groups is 1. The van der Waals surface area contributed by atoms with Crippen LogP contribution in [0, 0.1) is 0 Å². The number of rotatable bonds is 2. The Balaban J connectivity index is 0.00000225.